The number of carbonyl (C=O) groups is 2. The van der Waals surface area contributed by atoms with Gasteiger partial charge in [0.25, 0.3) is 11.8 Å². The van der Waals surface area contributed by atoms with E-state index < -0.39 is 22.6 Å². The number of rotatable bonds is 5. The van der Waals surface area contributed by atoms with E-state index in [1.54, 1.807) is 6.92 Å². The normalized spacial score (nSPS) is 10.8. The molecule has 3 aromatic rings. The van der Waals surface area contributed by atoms with E-state index in [4.69, 9.17) is 4.42 Å². The van der Waals surface area contributed by atoms with E-state index in [0.29, 0.717) is 15.6 Å². The number of furan rings is 1. The number of hydrogen-bond donors (Lipinski definition) is 2. The highest BCUT2D eigenvalue weighted by Crippen LogP contribution is 2.27. The van der Waals surface area contributed by atoms with Crippen LogP contribution in [0.5, 0.6) is 0 Å². The summed E-state index contributed by atoms with van der Waals surface area (Å²) in [7, 11) is 0. The lowest BCUT2D eigenvalue weighted by Gasteiger charge is -2.03. The van der Waals surface area contributed by atoms with Crippen LogP contribution in [0, 0.1) is 17.0 Å². The van der Waals surface area contributed by atoms with E-state index >= 15 is 0 Å². The molecule has 0 radical (unpaired) electrons. The third-order valence-electron chi connectivity index (χ3n) is 3.51. The van der Waals surface area contributed by atoms with Crippen LogP contribution in [0.1, 0.15) is 21.1 Å². The summed E-state index contributed by atoms with van der Waals surface area (Å²) < 4.78 is 4.89. The fourth-order valence-electron chi connectivity index (χ4n) is 2.22. The van der Waals surface area contributed by atoms with Gasteiger partial charge in [-0.2, -0.15) is 0 Å². The zero-order chi connectivity index (χ0) is 20.1. The lowest BCUT2D eigenvalue weighted by Crippen LogP contribution is -2.40. The minimum atomic E-state index is -0.682. The number of nitrogens with one attached hydrogen (secondary N) is 2. The van der Waals surface area contributed by atoms with Crippen molar-refractivity contribution in [2.24, 2.45) is 0 Å². The van der Waals surface area contributed by atoms with E-state index in [9.17, 15) is 19.7 Å². The minimum Gasteiger partial charge on any atom is -0.401 e. The Labute approximate surface area is 162 Å². The van der Waals surface area contributed by atoms with Crippen LogP contribution < -0.4 is 10.9 Å². The molecule has 2 N–H and O–H groups in total. The number of aromatic nitrogens is 1. The van der Waals surface area contributed by atoms with Gasteiger partial charge in [-0.15, -0.1) is 11.3 Å². The maximum Gasteiger partial charge on any atom is 0.433 e. The predicted octanol–water partition coefficient (Wildman–Crippen LogP) is 3.09. The van der Waals surface area contributed by atoms with E-state index in [1.807, 2.05) is 30.3 Å². The van der Waals surface area contributed by atoms with Crippen LogP contribution in [-0.4, -0.2) is 21.7 Å². The van der Waals surface area contributed by atoms with Gasteiger partial charge in [0.1, 0.15) is 20.6 Å². The maximum absolute atomic E-state index is 12.3. The van der Waals surface area contributed by atoms with Crippen molar-refractivity contribution in [3.63, 3.8) is 0 Å². The van der Waals surface area contributed by atoms with Gasteiger partial charge in [-0.1, -0.05) is 30.3 Å². The molecule has 0 aliphatic carbocycles. The summed E-state index contributed by atoms with van der Waals surface area (Å²) in [6, 6.07) is 12.0. The second-order valence-corrected chi connectivity index (χ2v) is 6.51. The molecule has 10 heteroatoms. The lowest BCUT2D eigenvalue weighted by molar-refractivity contribution is -0.402. The molecule has 0 atom stereocenters. The topological polar surface area (TPSA) is 127 Å². The van der Waals surface area contributed by atoms with E-state index in [2.05, 4.69) is 15.8 Å². The van der Waals surface area contributed by atoms with Gasteiger partial charge in [-0.25, -0.2) is 4.98 Å². The van der Waals surface area contributed by atoms with Crippen molar-refractivity contribution in [1.29, 1.82) is 0 Å². The number of nitro groups is 1. The van der Waals surface area contributed by atoms with Crippen molar-refractivity contribution < 1.29 is 18.9 Å². The van der Waals surface area contributed by atoms with Gasteiger partial charge in [0, 0.05) is 11.6 Å². The monoisotopic (exact) mass is 398 g/mol. The van der Waals surface area contributed by atoms with Crippen LogP contribution in [0.15, 0.2) is 53.0 Å². The summed E-state index contributed by atoms with van der Waals surface area (Å²) in [5, 5.41) is 11.2. The Morgan fingerprint density at radius 2 is 1.93 bits per heavy atom. The second-order valence-electron chi connectivity index (χ2n) is 5.51. The Balaban J connectivity index is 1.59. The van der Waals surface area contributed by atoms with Crippen molar-refractivity contribution in [3.8, 4) is 10.6 Å². The van der Waals surface area contributed by atoms with Crippen molar-refractivity contribution in [3.05, 3.63) is 75.0 Å². The number of aryl methyl sites for hydroxylation is 1. The van der Waals surface area contributed by atoms with E-state index in [0.717, 1.165) is 11.6 Å². The number of amides is 2. The zero-order valence-electron chi connectivity index (χ0n) is 14.5. The molecular formula is C18H14N4O5S. The van der Waals surface area contributed by atoms with Crippen molar-refractivity contribution in [1.82, 2.24) is 15.8 Å². The van der Waals surface area contributed by atoms with E-state index in [-0.39, 0.29) is 5.76 Å². The van der Waals surface area contributed by atoms with Crippen LogP contribution in [0.3, 0.4) is 0 Å². The standard InChI is InChI=1S/C18H14N4O5S/c1-11-16(28-18(19-11)12-5-3-2-4-6-12)17(24)21-20-14(23)9-7-13-8-10-15(27-13)22(25)26/h2-10H,1H3,(H,20,23)(H,21,24)/b9-7+. The maximum atomic E-state index is 12.3. The minimum absolute atomic E-state index is 0.138. The molecule has 0 saturated heterocycles. The van der Waals surface area contributed by atoms with Gasteiger partial charge in [0.15, 0.2) is 0 Å². The van der Waals surface area contributed by atoms with Crippen LogP contribution in [0.25, 0.3) is 16.6 Å². The quantitative estimate of drug-likeness (QED) is 0.386. The number of thiazole rings is 1. The lowest BCUT2D eigenvalue weighted by atomic mass is 10.2. The molecule has 0 bridgehead atoms. The fourth-order valence-corrected chi connectivity index (χ4v) is 3.18. The zero-order valence-corrected chi connectivity index (χ0v) is 15.4. The molecule has 0 spiro atoms. The summed E-state index contributed by atoms with van der Waals surface area (Å²) in [6.45, 7) is 1.71. The summed E-state index contributed by atoms with van der Waals surface area (Å²) in [5.74, 6) is -1.41. The Morgan fingerprint density at radius 3 is 2.61 bits per heavy atom. The van der Waals surface area contributed by atoms with Crippen molar-refractivity contribution >= 4 is 35.1 Å². The van der Waals surface area contributed by atoms with Crippen LogP contribution in [-0.2, 0) is 4.79 Å². The van der Waals surface area contributed by atoms with Crippen LogP contribution >= 0.6 is 11.3 Å². The molecule has 3 rings (SSSR count). The van der Waals surface area contributed by atoms with E-state index in [1.165, 1.54) is 29.5 Å². The smallest absolute Gasteiger partial charge is 0.401 e. The van der Waals surface area contributed by atoms with Gasteiger partial charge in [0.05, 0.1) is 11.8 Å². The SMILES string of the molecule is Cc1nc(-c2ccccc2)sc1C(=O)NNC(=O)/C=C/c1ccc([N+](=O)[O-])o1. The largest absolute Gasteiger partial charge is 0.433 e. The van der Waals surface area contributed by atoms with Gasteiger partial charge < -0.3 is 4.42 Å². The molecule has 1 aromatic carbocycles. The Bertz CT molecular complexity index is 1060. The first kappa shape index (κ1) is 19.0. The van der Waals surface area contributed by atoms with Gasteiger partial charge >= 0.3 is 5.88 Å². The summed E-state index contributed by atoms with van der Waals surface area (Å²) in [5.41, 5.74) is 5.99. The van der Waals surface area contributed by atoms with Crippen LogP contribution in [0.4, 0.5) is 5.88 Å². The highest BCUT2D eigenvalue weighted by molar-refractivity contribution is 7.17. The average Bonchev–Trinajstić information content (AvgIpc) is 3.32. The number of benzene rings is 1. The van der Waals surface area contributed by atoms with Crippen molar-refractivity contribution in [2.75, 3.05) is 0 Å². The first-order valence-electron chi connectivity index (χ1n) is 7.99. The summed E-state index contributed by atoms with van der Waals surface area (Å²) in [4.78, 5) is 38.7. The Kier molecular flexibility index (Phi) is 5.61. The Hall–Kier alpha value is -3.79. The van der Waals surface area contributed by atoms with Crippen molar-refractivity contribution in [2.45, 2.75) is 6.92 Å². The van der Waals surface area contributed by atoms with Crippen LogP contribution in [0.2, 0.25) is 0 Å². The molecule has 0 aliphatic heterocycles. The highest BCUT2D eigenvalue weighted by Gasteiger charge is 2.16. The van der Waals surface area contributed by atoms with Gasteiger partial charge in [-0.3, -0.25) is 30.6 Å². The summed E-state index contributed by atoms with van der Waals surface area (Å²) >= 11 is 1.22. The average molecular weight is 398 g/mol. The van der Waals surface area contributed by atoms with Gasteiger partial charge in [0.2, 0.25) is 0 Å². The molecule has 0 fully saturated rings. The molecule has 0 saturated carbocycles. The molecule has 28 heavy (non-hydrogen) atoms. The molecule has 142 valence electrons. The molecule has 2 amide bonds. The number of hydrogen-bond acceptors (Lipinski definition) is 7. The number of hydrazine groups is 1. The molecular weight excluding hydrogens is 384 g/mol. The molecule has 2 heterocycles. The summed E-state index contributed by atoms with van der Waals surface area (Å²) in [6.07, 6.45) is 2.33. The first-order valence-corrected chi connectivity index (χ1v) is 8.81. The second kappa shape index (κ2) is 8.27. The molecule has 0 unspecified atom stereocenters. The number of carbonyl (C=O) groups excluding carboxylic acids is 2. The third kappa shape index (κ3) is 4.48. The molecule has 2 aromatic heterocycles. The fraction of sp³-hybridized carbons (Fsp3) is 0.0556. The van der Waals surface area contributed by atoms with Gasteiger partial charge in [-0.05, 0) is 19.1 Å². The third-order valence-corrected chi connectivity index (χ3v) is 4.72. The highest BCUT2D eigenvalue weighted by atomic mass is 32.1. The predicted molar refractivity (Wildman–Crippen MR) is 102 cm³/mol. The molecule has 9 nitrogen and oxygen atoms in total. The first-order chi connectivity index (χ1) is 13.4. The number of nitrogens with zero attached hydrogens (tertiary/aromatic N) is 2. The molecule has 0 aliphatic rings. The Morgan fingerprint density at radius 1 is 1.18 bits per heavy atom.